The largest absolute Gasteiger partial charge is 0.494 e. The van der Waals surface area contributed by atoms with E-state index in [0.29, 0.717) is 5.92 Å². The third-order valence-corrected chi connectivity index (χ3v) is 3.74. The van der Waals surface area contributed by atoms with Crippen molar-refractivity contribution in [1.29, 1.82) is 0 Å². The van der Waals surface area contributed by atoms with Gasteiger partial charge in [0.2, 0.25) is 0 Å². The second kappa shape index (κ2) is 8.98. The van der Waals surface area contributed by atoms with Crippen LogP contribution in [0.15, 0.2) is 24.3 Å². The molecule has 1 rings (SSSR count). The number of rotatable bonds is 9. The first kappa shape index (κ1) is 16.0. The molecule has 0 aliphatic rings. The van der Waals surface area contributed by atoms with Gasteiger partial charge in [-0.25, -0.2) is 0 Å². The lowest BCUT2D eigenvalue weighted by Gasteiger charge is -2.18. The quantitative estimate of drug-likeness (QED) is 0.654. The van der Waals surface area contributed by atoms with Gasteiger partial charge in [0.1, 0.15) is 5.75 Å². The lowest BCUT2D eigenvalue weighted by atomic mass is 9.93. The summed E-state index contributed by atoms with van der Waals surface area (Å²) in [4.78, 5) is 0. The van der Waals surface area contributed by atoms with Crippen LogP contribution in [0.5, 0.6) is 5.75 Å². The highest BCUT2D eigenvalue weighted by Gasteiger charge is 2.13. The summed E-state index contributed by atoms with van der Waals surface area (Å²) in [5.41, 5.74) is 0.995. The fraction of sp³-hybridized carbons (Fsp3) is 0.647. The van der Waals surface area contributed by atoms with Crippen molar-refractivity contribution in [2.75, 3.05) is 6.61 Å². The van der Waals surface area contributed by atoms with E-state index < -0.39 is 0 Å². The van der Waals surface area contributed by atoms with Gasteiger partial charge in [0.25, 0.3) is 0 Å². The van der Waals surface area contributed by atoms with E-state index in [1.165, 1.54) is 0 Å². The van der Waals surface area contributed by atoms with Gasteiger partial charge in [-0.05, 0) is 36.5 Å². The van der Waals surface area contributed by atoms with Crippen LogP contribution in [-0.2, 0) is 0 Å². The van der Waals surface area contributed by atoms with E-state index in [1.54, 1.807) is 0 Å². The molecular formula is C17H28O2. The maximum absolute atomic E-state index is 10.2. The Balaban J connectivity index is 2.50. The van der Waals surface area contributed by atoms with Crippen LogP contribution in [0.3, 0.4) is 0 Å². The number of unbranched alkanes of at least 4 members (excludes halogenated alkanes) is 1. The first-order valence-corrected chi connectivity index (χ1v) is 7.62. The third kappa shape index (κ3) is 5.65. The smallest absolute Gasteiger partial charge is 0.119 e. The molecule has 0 amide bonds. The molecule has 1 aromatic carbocycles. The highest BCUT2D eigenvalue weighted by Crippen LogP contribution is 2.26. The minimum atomic E-state index is -0.352. The van der Waals surface area contributed by atoms with Crippen molar-refractivity contribution in [3.8, 4) is 5.75 Å². The molecule has 1 N–H and O–H groups in total. The molecule has 0 bridgehead atoms. The van der Waals surface area contributed by atoms with Crippen LogP contribution < -0.4 is 4.74 Å². The summed E-state index contributed by atoms with van der Waals surface area (Å²) in [5.74, 6) is 1.50. The van der Waals surface area contributed by atoms with Crippen LogP contribution in [0.25, 0.3) is 0 Å². The van der Waals surface area contributed by atoms with E-state index in [9.17, 15) is 5.11 Å². The number of aliphatic hydroxyl groups excluding tert-OH is 1. The average molecular weight is 264 g/mol. The zero-order valence-electron chi connectivity index (χ0n) is 12.6. The van der Waals surface area contributed by atoms with Gasteiger partial charge in [0.15, 0.2) is 0 Å². The summed E-state index contributed by atoms with van der Waals surface area (Å²) in [6.07, 6.45) is 4.99. The van der Waals surface area contributed by atoms with Crippen LogP contribution in [-0.4, -0.2) is 11.7 Å². The van der Waals surface area contributed by atoms with Gasteiger partial charge in [-0.15, -0.1) is 0 Å². The molecule has 2 heteroatoms. The first-order chi connectivity index (χ1) is 9.21. The molecule has 2 nitrogen and oxygen atoms in total. The van der Waals surface area contributed by atoms with E-state index in [4.69, 9.17) is 4.74 Å². The number of benzene rings is 1. The molecule has 0 aromatic heterocycles. The standard InChI is InChI=1S/C17H28O2/c1-4-7-12-19-16-10-8-15(9-11-16)17(18)13-14(5-2)6-3/h8-11,14,17-18H,4-7,12-13H2,1-3H3. The van der Waals surface area contributed by atoms with Crippen molar-refractivity contribution in [1.82, 2.24) is 0 Å². The third-order valence-electron chi connectivity index (χ3n) is 3.74. The molecule has 108 valence electrons. The molecule has 0 fully saturated rings. The number of hydrogen-bond acceptors (Lipinski definition) is 2. The summed E-state index contributed by atoms with van der Waals surface area (Å²) >= 11 is 0. The van der Waals surface area contributed by atoms with Gasteiger partial charge < -0.3 is 9.84 Å². The fourth-order valence-electron chi connectivity index (χ4n) is 2.19. The van der Waals surface area contributed by atoms with Crippen LogP contribution in [0.2, 0.25) is 0 Å². The topological polar surface area (TPSA) is 29.5 Å². The Morgan fingerprint density at radius 2 is 1.68 bits per heavy atom. The van der Waals surface area contributed by atoms with Gasteiger partial charge in [-0.3, -0.25) is 0 Å². The Bertz CT molecular complexity index is 328. The molecule has 1 unspecified atom stereocenters. The predicted octanol–water partition coefficient (Wildman–Crippen LogP) is 4.73. The second-order valence-corrected chi connectivity index (χ2v) is 5.21. The van der Waals surface area contributed by atoms with Gasteiger partial charge in [-0.2, -0.15) is 0 Å². The van der Waals surface area contributed by atoms with E-state index in [0.717, 1.165) is 50.0 Å². The normalized spacial score (nSPS) is 12.7. The van der Waals surface area contributed by atoms with Crippen molar-refractivity contribution < 1.29 is 9.84 Å². The average Bonchev–Trinajstić information content (AvgIpc) is 2.45. The predicted molar refractivity (Wildman–Crippen MR) is 80.5 cm³/mol. The monoisotopic (exact) mass is 264 g/mol. The minimum Gasteiger partial charge on any atom is -0.494 e. The number of hydrogen-bond donors (Lipinski definition) is 1. The molecule has 0 spiro atoms. The maximum atomic E-state index is 10.2. The first-order valence-electron chi connectivity index (χ1n) is 7.62. The van der Waals surface area contributed by atoms with Crippen LogP contribution in [0, 0.1) is 5.92 Å². The number of ether oxygens (including phenoxy) is 1. The Morgan fingerprint density at radius 1 is 1.05 bits per heavy atom. The summed E-state index contributed by atoms with van der Waals surface area (Å²) in [5, 5.41) is 10.2. The van der Waals surface area contributed by atoms with Crippen LogP contribution >= 0.6 is 0 Å². The summed E-state index contributed by atoms with van der Waals surface area (Å²) in [6.45, 7) is 7.30. The second-order valence-electron chi connectivity index (χ2n) is 5.21. The van der Waals surface area contributed by atoms with E-state index in [2.05, 4.69) is 20.8 Å². The van der Waals surface area contributed by atoms with Gasteiger partial charge in [0.05, 0.1) is 12.7 Å². The zero-order chi connectivity index (χ0) is 14.1. The zero-order valence-corrected chi connectivity index (χ0v) is 12.6. The van der Waals surface area contributed by atoms with Crippen molar-refractivity contribution in [2.45, 2.75) is 59.0 Å². The SMILES string of the molecule is CCCCOc1ccc(C(O)CC(CC)CC)cc1. The molecule has 1 aromatic rings. The molecule has 0 saturated carbocycles. The Hall–Kier alpha value is -1.02. The lowest BCUT2D eigenvalue weighted by molar-refractivity contribution is 0.141. The van der Waals surface area contributed by atoms with Crippen molar-refractivity contribution in [3.63, 3.8) is 0 Å². The maximum Gasteiger partial charge on any atom is 0.119 e. The number of aliphatic hydroxyl groups is 1. The summed E-state index contributed by atoms with van der Waals surface area (Å²) in [7, 11) is 0. The Morgan fingerprint density at radius 3 is 2.21 bits per heavy atom. The Kier molecular flexibility index (Phi) is 7.57. The summed E-state index contributed by atoms with van der Waals surface area (Å²) in [6, 6.07) is 7.88. The molecular weight excluding hydrogens is 236 g/mol. The molecule has 0 saturated heterocycles. The molecule has 0 aliphatic heterocycles. The summed E-state index contributed by atoms with van der Waals surface area (Å²) < 4.78 is 5.62. The van der Waals surface area contributed by atoms with E-state index in [-0.39, 0.29) is 6.10 Å². The molecule has 0 aliphatic carbocycles. The minimum absolute atomic E-state index is 0.352. The van der Waals surface area contributed by atoms with Crippen molar-refractivity contribution in [2.24, 2.45) is 5.92 Å². The molecule has 19 heavy (non-hydrogen) atoms. The fourth-order valence-corrected chi connectivity index (χ4v) is 2.19. The van der Waals surface area contributed by atoms with Gasteiger partial charge in [-0.1, -0.05) is 52.2 Å². The van der Waals surface area contributed by atoms with Gasteiger partial charge in [0, 0.05) is 0 Å². The van der Waals surface area contributed by atoms with E-state index >= 15 is 0 Å². The molecule has 0 radical (unpaired) electrons. The van der Waals surface area contributed by atoms with Crippen LogP contribution in [0.4, 0.5) is 0 Å². The highest BCUT2D eigenvalue weighted by molar-refractivity contribution is 5.28. The Labute approximate surface area is 117 Å². The molecule has 1 atom stereocenters. The molecule has 0 heterocycles. The van der Waals surface area contributed by atoms with Crippen molar-refractivity contribution >= 4 is 0 Å². The van der Waals surface area contributed by atoms with E-state index in [1.807, 2.05) is 24.3 Å². The van der Waals surface area contributed by atoms with Crippen LogP contribution in [0.1, 0.15) is 64.5 Å². The van der Waals surface area contributed by atoms with Gasteiger partial charge >= 0.3 is 0 Å². The lowest BCUT2D eigenvalue weighted by Crippen LogP contribution is -2.06. The highest BCUT2D eigenvalue weighted by atomic mass is 16.5. The van der Waals surface area contributed by atoms with Crippen molar-refractivity contribution in [3.05, 3.63) is 29.8 Å².